The molecule has 0 bridgehead atoms. The monoisotopic (exact) mass is 253 g/mol. The lowest BCUT2D eigenvalue weighted by molar-refractivity contribution is -0.00461. The average Bonchev–Trinajstić information content (AvgIpc) is 3.18. The molecule has 1 heterocycles. The van der Waals surface area contributed by atoms with E-state index < -0.39 is 5.54 Å². The molecular weight excluding hydrogens is 230 g/mol. The van der Waals surface area contributed by atoms with Crippen LogP contribution in [-0.4, -0.2) is 63.5 Å². The normalized spacial score (nSPS) is 32.1. The van der Waals surface area contributed by atoms with Gasteiger partial charge in [0.25, 0.3) is 0 Å². The first-order valence-electron chi connectivity index (χ1n) is 6.57. The number of nitriles is 1. The summed E-state index contributed by atoms with van der Waals surface area (Å²) >= 11 is 0. The average molecular weight is 253 g/mol. The van der Waals surface area contributed by atoms with E-state index in [1.807, 2.05) is 7.05 Å². The van der Waals surface area contributed by atoms with Crippen LogP contribution in [0.15, 0.2) is 0 Å². The Bertz CT molecular complexity index is 315. The fraction of sp³-hybridized carbons (Fsp3) is 0.923. The number of methoxy groups -OCH3 is 2. The molecule has 2 aliphatic rings. The second-order valence-electron chi connectivity index (χ2n) is 5.35. The topological polar surface area (TPSA) is 57.5 Å². The lowest BCUT2D eigenvalue weighted by Gasteiger charge is -2.31. The number of hydrogen-bond acceptors (Lipinski definition) is 5. The first kappa shape index (κ1) is 13.8. The number of nitrogens with zero attached hydrogens (tertiary/aromatic N) is 2. The van der Waals surface area contributed by atoms with Gasteiger partial charge in [-0.3, -0.25) is 4.90 Å². The Morgan fingerprint density at radius 3 is 2.17 bits per heavy atom. The lowest BCUT2D eigenvalue weighted by atomic mass is 9.94. The summed E-state index contributed by atoms with van der Waals surface area (Å²) in [5.41, 5.74) is -0.402. The highest BCUT2D eigenvalue weighted by Gasteiger charge is 2.47. The van der Waals surface area contributed by atoms with Crippen molar-refractivity contribution in [2.45, 2.75) is 30.6 Å². The summed E-state index contributed by atoms with van der Waals surface area (Å²) in [5.74, 6) is 0.495. The third kappa shape index (κ3) is 2.52. The third-order valence-corrected chi connectivity index (χ3v) is 4.29. The van der Waals surface area contributed by atoms with Crippen molar-refractivity contribution in [2.75, 3.05) is 40.9 Å². The summed E-state index contributed by atoms with van der Waals surface area (Å²) < 4.78 is 10.9. The zero-order chi connectivity index (χ0) is 13.2. The van der Waals surface area contributed by atoms with Crippen LogP contribution in [-0.2, 0) is 9.47 Å². The van der Waals surface area contributed by atoms with E-state index in [1.54, 1.807) is 14.2 Å². The highest BCUT2D eigenvalue weighted by molar-refractivity contribution is 5.16. The SMILES string of the molecule is CNC(C#N)(CN1CC(OC)C(OC)C1)C1CC1. The largest absolute Gasteiger partial charge is 0.377 e. The van der Waals surface area contributed by atoms with Crippen molar-refractivity contribution in [3.63, 3.8) is 0 Å². The molecule has 3 unspecified atom stereocenters. The van der Waals surface area contributed by atoms with Crippen LogP contribution >= 0.6 is 0 Å². The molecule has 2 rings (SSSR count). The molecule has 1 saturated carbocycles. The Labute approximate surface area is 109 Å². The minimum atomic E-state index is -0.402. The molecule has 1 aliphatic carbocycles. The van der Waals surface area contributed by atoms with E-state index in [0.29, 0.717) is 5.92 Å². The van der Waals surface area contributed by atoms with Crippen molar-refractivity contribution in [2.24, 2.45) is 5.92 Å². The van der Waals surface area contributed by atoms with Gasteiger partial charge in [0.2, 0.25) is 0 Å². The summed E-state index contributed by atoms with van der Waals surface area (Å²) in [5, 5.41) is 12.7. The van der Waals surface area contributed by atoms with Gasteiger partial charge in [-0.15, -0.1) is 0 Å². The van der Waals surface area contributed by atoms with Crippen LogP contribution in [0.3, 0.4) is 0 Å². The van der Waals surface area contributed by atoms with Crippen LogP contribution in [0.4, 0.5) is 0 Å². The quantitative estimate of drug-likeness (QED) is 0.734. The maximum atomic E-state index is 9.49. The molecule has 0 aromatic heterocycles. The zero-order valence-electron chi connectivity index (χ0n) is 11.5. The highest BCUT2D eigenvalue weighted by Crippen LogP contribution is 2.40. The number of ether oxygens (including phenoxy) is 2. The van der Waals surface area contributed by atoms with Crippen LogP contribution in [0.1, 0.15) is 12.8 Å². The van der Waals surface area contributed by atoms with Crippen molar-refractivity contribution in [1.29, 1.82) is 5.26 Å². The minimum Gasteiger partial charge on any atom is -0.377 e. The Kier molecular flexibility index (Phi) is 4.23. The molecule has 0 radical (unpaired) electrons. The van der Waals surface area contributed by atoms with Gasteiger partial charge in [-0.2, -0.15) is 5.26 Å². The highest BCUT2D eigenvalue weighted by atomic mass is 16.5. The summed E-state index contributed by atoms with van der Waals surface area (Å²) in [4.78, 5) is 2.28. The minimum absolute atomic E-state index is 0.113. The second kappa shape index (κ2) is 5.54. The predicted octanol–water partition coefficient (Wildman–Crippen LogP) is 0.224. The standard InChI is InChI=1S/C13H23N3O2/c1-15-13(8-14,10-4-5-10)9-16-6-11(17-2)12(7-16)18-3/h10-12,15H,4-7,9H2,1-3H3. The van der Waals surface area contributed by atoms with E-state index >= 15 is 0 Å². The van der Waals surface area contributed by atoms with Gasteiger partial charge in [0.1, 0.15) is 5.54 Å². The molecule has 5 nitrogen and oxygen atoms in total. The van der Waals surface area contributed by atoms with Gasteiger partial charge in [-0.05, 0) is 25.8 Å². The molecule has 0 aromatic carbocycles. The van der Waals surface area contributed by atoms with Gasteiger partial charge in [0.15, 0.2) is 0 Å². The van der Waals surface area contributed by atoms with Crippen LogP contribution < -0.4 is 5.32 Å². The summed E-state index contributed by atoms with van der Waals surface area (Å²) in [6.45, 7) is 2.43. The molecule has 102 valence electrons. The van der Waals surface area contributed by atoms with E-state index in [-0.39, 0.29) is 12.2 Å². The molecule has 3 atom stereocenters. The van der Waals surface area contributed by atoms with E-state index in [1.165, 1.54) is 0 Å². The Morgan fingerprint density at radius 2 is 1.83 bits per heavy atom. The lowest BCUT2D eigenvalue weighted by Crippen LogP contribution is -2.52. The van der Waals surface area contributed by atoms with E-state index in [2.05, 4.69) is 16.3 Å². The molecule has 0 spiro atoms. The summed E-state index contributed by atoms with van der Waals surface area (Å²) in [7, 11) is 5.33. The molecule has 5 heteroatoms. The third-order valence-electron chi connectivity index (χ3n) is 4.29. The predicted molar refractivity (Wildman–Crippen MR) is 68.2 cm³/mol. The summed E-state index contributed by atoms with van der Waals surface area (Å²) in [6, 6.07) is 2.49. The van der Waals surface area contributed by atoms with E-state index in [0.717, 1.165) is 32.5 Å². The van der Waals surface area contributed by atoms with Crippen molar-refractivity contribution in [1.82, 2.24) is 10.2 Å². The van der Waals surface area contributed by atoms with Gasteiger partial charge in [-0.25, -0.2) is 0 Å². The van der Waals surface area contributed by atoms with Crippen molar-refractivity contribution < 1.29 is 9.47 Å². The zero-order valence-corrected chi connectivity index (χ0v) is 11.5. The second-order valence-corrected chi connectivity index (χ2v) is 5.35. The van der Waals surface area contributed by atoms with E-state index in [4.69, 9.17) is 9.47 Å². The first-order valence-corrected chi connectivity index (χ1v) is 6.57. The maximum Gasteiger partial charge on any atom is 0.122 e. The summed E-state index contributed by atoms with van der Waals surface area (Å²) in [6.07, 6.45) is 2.54. The van der Waals surface area contributed by atoms with E-state index in [9.17, 15) is 5.26 Å². The van der Waals surface area contributed by atoms with Crippen LogP contribution in [0.25, 0.3) is 0 Å². The van der Waals surface area contributed by atoms with Crippen LogP contribution in [0, 0.1) is 17.2 Å². The number of hydrogen-bond donors (Lipinski definition) is 1. The molecule has 2 fully saturated rings. The number of nitrogens with one attached hydrogen (secondary N) is 1. The van der Waals surface area contributed by atoms with Crippen LogP contribution in [0.2, 0.25) is 0 Å². The van der Waals surface area contributed by atoms with Crippen molar-refractivity contribution in [3.05, 3.63) is 0 Å². The smallest absolute Gasteiger partial charge is 0.122 e. The number of likely N-dealkylation sites (N-methyl/N-ethyl adjacent to an activating group) is 1. The Balaban J connectivity index is 1.99. The molecule has 0 aromatic rings. The van der Waals surface area contributed by atoms with Gasteiger partial charge in [0, 0.05) is 33.9 Å². The first-order chi connectivity index (χ1) is 8.69. The Hall–Kier alpha value is -0.670. The Morgan fingerprint density at radius 1 is 1.28 bits per heavy atom. The number of likely N-dealkylation sites (tertiary alicyclic amines) is 1. The number of rotatable bonds is 6. The fourth-order valence-electron chi connectivity index (χ4n) is 2.92. The molecule has 1 aliphatic heterocycles. The van der Waals surface area contributed by atoms with Crippen LogP contribution in [0.5, 0.6) is 0 Å². The maximum absolute atomic E-state index is 9.49. The van der Waals surface area contributed by atoms with Gasteiger partial charge in [-0.1, -0.05) is 0 Å². The molecule has 0 amide bonds. The van der Waals surface area contributed by atoms with Crippen molar-refractivity contribution >= 4 is 0 Å². The van der Waals surface area contributed by atoms with Gasteiger partial charge < -0.3 is 14.8 Å². The van der Waals surface area contributed by atoms with Crippen molar-refractivity contribution in [3.8, 4) is 6.07 Å². The fourth-order valence-corrected chi connectivity index (χ4v) is 2.92. The molecule has 1 saturated heterocycles. The molecule has 1 N–H and O–H groups in total. The van der Waals surface area contributed by atoms with Gasteiger partial charge in [0.05, 0.1) is 18.3 Å². The van der Waals surface area contributed by atoms with Gasteiger partial charge >= 0.3 is 0 Å². The molecular formula is C13H23N3O2. The molecule has 18 heavy (non-hydrogen) atoms.